The molecule has 0 radical (unpaired) electrons. The van der Waals surface area contributed by atoms with E-state index in [1.54, 1.807) is 25.6 Å². The average molecular weight is 286 g/mol. The Labute approximate surface area is 112 Å². The Morgan fingerprint density at radius 2 is 2.00 bits per heavy atom. The molecule has 0 atom stereocenters. The van der Waals surface area contributed by atoms with Crippen molar-refractivity contribution in [1.82, 2.24) is 19.4 Å². The zero-order chi connectivity index (χ0) is 14.2. The molecule has 0 aliphatic carbocycles. The molecule has 2 rings (SSSR count). The second-order valence-corrected chi connectivity index (χ2v) is 6.54. The van der Waals surface area contributed by atoms with E-state index in [0.29, 0.717) is 30.9 Å². The first-order chi connectivity index (χ1) is 8.84. The van der Waals surface area contributed by atoms with Gasteiger partial charge in [0.2, 0.25) is 15.9 Å². The highest BCUT2D eigenvalue weighted by molar-refractivity contribution is 7.89. The standard InChI is InChI=1S/C11H18N4O3S/c1-8-11(9(2)14(3)13-8)19(17,18)15-6-4-5-12-10(16)7-15/h4-7H2,1-3H3,(H,12,16). The predicted octanol–water partition coefficient (Wildman–Crippen LogP) is -0.452. The molecule has 0 aromatic carbocycles. The van der Waals surface area contributed by atoms with Crippen molar-refractivity contribution in [1.29, 1.82) is 0 Å². The van der Waals surface area contributed by atoms with Crippen LogP contribution in [0.1, 0.15) is 17.8 Å². The summed E-state index contributed by atoms with van der Waals surface area (Å²) in [5.74, 6) is -0.264. The highest BCUT2D eigenvalue weighted by atomic mass is 32.2. The summed E-state index contributed by atoms with van der Waals surface area (Å²) >= 11 is 0. The summed E-state index contributed by atoms with van der Waals surface area (Å²) < 4.78 is 28.0. The van der Waals surface area contributed by atoms with E-state index < -0.39 is 10.0 Å². The Bertz CT molecular complexity index is 606. The zero-order valence-corrected chi connectivity index (χ0v) is 12.1. The van der Waals surface area contributed by atoms with Crippen molar-refractivity contribution in [2.45, 2.75) is 25.2 Å². The smallest absolute Gasteiger partial charge is 0.247 e. The van der Waals surface area contributed by atoms with Crippen molar-refractivity contribution in [3.05, 3.63) is 11.4 Å². The van der Waals surface area contributed by atoms with Crippen LogP contribution in [0, 0.1) is 13.8 Å². The van der Waals surface area contributed by atoms with Gasteiger partial charge >= 0.3 is 0 Å². The summed E-state index contributed by atoms with van der Waals surface area (Å²) in [4.78, 5) is 11.7. The van der Waals surface area contributed by atoms with Crippen molar-refractivity contribution in [3.63, 3.8) is 0 Å². The van der Waals surface area contributed by atoms with Gasteiger partial charge in [0.1, 0.15) is 4.90 Å². The number of aromatic nitrogens is 2. The van der Waals surface area contributed by atoms with E-state index in [1.165, 1.54) is 4.31 Å². The van der Waals surface area contributed by atoms with Crippen molar-refractivity contribution < 1.29 is 13.2 Å². The topological polar surface area (TPSA) is 84.3 Å². The van der Waals surface area contributed by atoms with E-state index in [9.17, 15) is 13.2 Å². The number of hydrogen-bond donors (Lipinski definition) is 1. The molecule has 1 aliphatic heterocycles. The van der Waals surface area contributed by atoms with Crippen LogP contribution in [0.5, 0.6) is 0 Å². The van der Waals surface area contributed by atoms with Gasteiger partial charge in [-0.05, 0) is 20.3 Å². The van der Waals surface area contributed by atoms with E-state index in [0.717, 1.165) is 0 Å². The van der Waals surface area contributed by atoms with Gasteiger partial charge in [-0.15, -0.1) is 0 Å². The van der Waals surface area contributed by atoms with Crippen molar-refractivity contribution in [2.75, 3.05) is 19.6 Å². The van der Waals surface area contributed by atoms with Crippen LogP contribution >= 0.6 is 0 Å². The summed E-state index contributed by atoms with van der Waals surface area (Å²) in [6.07, 6.45) is 0.614. The monoisotopic (exact) mass is 286 g/mol. The summed E-state index contributed by atoms with van der Waals surface area (Å²) in [7, 11) is -1.96. The van der Waals surface area contributed by atoms with Gasteiger partial charge < -0.3 is 5.32 Å². The van der Waals surface area contributed by atoms with Gasteiger partial charge in [-0.3, -0.25) is 9.48 Å². The minimum atomic E-state index is -3.67. The first-order valence-corrected chi connectivity index (χ1v) is 7.55. The van der Waals surface area contributed by atoms with Crippen LogP contribution in [0.15, 0.2) is 4.90 Å². The number of sulfonamides is 1. The second kappa shape index (κ2) is 4.93. The van der Waals surface area contributed by atoms with Gasteiger partial charge in [0, 0.05) is 20.1 Å². The number of amides is 1. The van der Waals surface area contributed by atoms with E-state index in [1.807, 2.05) is 0 Å². The average Bonchev–Trinajstić information content (AvgIpc) is 2.51. The number of nitrogens with zero attached hydrogens (tertiary/aromatic N) is 3. The van der Waals surface area contributed by atoms with Gasteiger partial charge in [0.25, 0.3) is 0 Å². The molecule has 1 saturated heterocycles. The van der Waals surface area contributed by atoms with Gasteiger partial charge in [0.05, 0.1) is 17.9 Å². The maximum Gasteiger partial charge on any atom is 0.247 e. The van der Waals surface area contributed by atoms with E-state index in [4.69, 9.17) is 0 Å². The van der Waals surface area contributed by atoms with Crippen molar-refractivity contribution in [3.8, 4) is 0 Å². The van der Waals surface area contributed by atoms with Crippen LogP contribution < -0.4 is 5.32 Å². The van der Waals surface area contributed by atoms with Crippen molar-refractivity contribution >= 4 is 15.9 Å². The highest BCUT2D eigenvalue weighted by Crippen LogP contribution is 2.23. The van der Waals surface area contributed by atoms with Crippen LogP contribution in [0.25, 0.3) is 0 Å². The SMILES string of the molecule is Cc1nn(C)c(C)c1S(=O)(=O)N1CCCNC(=O)C1. The third kappa shape index (κ3) is 2.50. The number of rotatable bonds is 2. The Morgan fingerprint density at radius 1 is 1.32 bits per heavy atom. The van der Waals surface area contributed by atoms with Crippen LogP contribution in [0.4, 0.5) is 0 Å². The summed E-state index contributed by atoms with van der Waals surface area (Å²) in [5, 5.41) is 6.79. The molecule has 0 saturated carbocycles. The molecule has 1 amide bonds. The molecule has 1 aromatic heterocycles. The fraction of sp³-hybridized carbons (Fsp3) is 0.636. The van der Waals surface area contributed by atoms with Crippen LogP contribution in [-0.4, -0.2) is 48.0 Å². The summed E-state index contributed by atoms with van der Waals surface area (Å²) in [6.45, 7) is 4.10. The lowest BCUT2D eigenvalue weighted by atomic mass is 10.4. The molecule has 19 heavy (non-hydrogen) atoms. The predicted molar refractivity (Wildman–Crippen MR) is 69.1 cm³/mol. The van der Waals surface area contributed by atoms with Crippen LogP contribution in [0.2, 0.25) is 0 Å². The second-order valence-electron chi connectivity index (χ2n) is 4.67. The van der Waals surface area contributed by atoms with Gasteiger partial charge in [-0.1, -0.05) is 0 Å². The maximum atomic E-state index is 12.6. The molecule has 1 aromatic rings. The van der Waals surface area contributed by atoms with Crippen LogP contribution in [-0.2, 0) is 21.9 Å². The molecule has 0 bridgehead atoms. The maximum absolute atomic E-state index is 12.6. The lowest BCUT2D eigenvalue weighted by Crippen LogP contribution is -2.37. The Hall–Kier alpha value is -1.41. The number of nitrogens with one attached hydrogen (secondary N) is 1. The number of hydrogen-bond acceptors (Lipinski definition) is 4. The van der Waals surface area contributed by atoms with Gasteiger partial charge in [0.15, 0.2) is 0 Å². The molecule has 1 aliphatic rings. The molecule has 1 N–H and O–H groups in total. The lowest BCUT2D eigenvalue weighted by molar-refractivity contribution is -0.120. The first kappa shape index (κ1) is 14.0. The van der Waals surface area contributed by atoms with E-state index in [-0.39, 0.29) is 17.3 Å². The Kier molecular flexibility index (Phi) is 3.64. The zero-order valence-electron chi connectivity index (χ0n) is 11.3. The number of aryl methyl sites for hydroxylation is 2. The molecule has 7 nitrogen and oxygen atoms in total. The Balaban J connectivity index is 2.44. The lowest BCUT2D eigenvalue weighted by Gasteiger charge is -2.18. The molecule has 2 heterocycles. The number of carbonyl (C=O) groups is 1. The Morgan fingerprint density at radius 3 is 2.58 bits per heavy atom. The van der Waals surface area contributed by atoms with Gasteiger partial charge in [-0.25, -0.2) is 8.42 Å². The number of carbonyl (C=O) groups excluding carboxylic acids is 1. The normalized spacial score (nSPS) is 18.2. The van der Waals surface area contributed by atoms with Crippen LogP contribution in [0.3, 0.4) is 0 Å². The van der Waals surface area contributed by atoms with E-state index in [2.05, 4.69) is 10.4 Å². The summed E-state index contributed by atoms with van der Waals surface area (Å²) in [6, 6.07) is 0. The molecule has 106 valence electrons. The fourth-order valence-corrected chi connectivity index (χ4v) is 4.07. The molecule has 8 heteroatoms. The third-order valence-electron chi connectivity index (χ3n) is 3.27. The quantitative estimate of drug-likeness (QED) is 0.798. The highest BCUT2D eigenvalue weighted by Gasteiger charge is 2.32. The minimum Gasteiger partial charge on any atom is -0.355 e. The molecule has 0 unspecified atom stereocenters. The largest absolute Gasteiger partial charge is 0.355 e. The first-order valence-electron chi connectivity index (χ1n) is 6.11. The minimum absolute atomic E-state index is 0.129. The summed E-state index contributed by atoms with van der Waals surface area (Å²) in [5.41, 5.74) is 1.05. The van der Waals surface area contributed by atoms with Crippen molar-refractivity contribution in [2.24, 2.45) is 7.05 Å². The van der Waals surface area contributed by atoms with Gasteiger partial charge in [-0.2, -0.15) is 9.40 Å². The fourth-order valence-electron chi connectivity index (χ4n) is 2.24. The molecular formula is C11H18N4O3S. The molecule has 1 fully saturated rings. The molecule has 0 spiro atoms. The third-order valence-corrected chi connectivity index (χ3v) is 5.37. The molecular weight excluding hydrogens is 268 g/mol. The van der Waals surface area contributed by atoms with E-state index >= 15 is 0 Å².